The number of hydrogen-bond donors (Lipinski definition) is 1. The van der Waals surface area contributed by atoms with Crippen molar-refractivity contribution in [2.45, 2.75) is 32.4 Å². The highest BCUT2D eigenvalue weighted by molar-refractivity contribution is 5.39. The van der Waals surface area contributed by atoms with Gasteiger partial charge in [0.1, 0.15) is 0 Å². The summed E-state index contributed by atoms with van der Waals surface area (Å²) in [6.45, 7) is 6.15. The van der Waals surface area contributed by atoms with Crippen LogP contribution in [-0.4, -0.2) is 30.7 Å². The van der Waals surface area contributed by atoms with Crippen LogP contribution in [0.25, 0.3) is 0 Å². The van der Waals surface area contributed by atoms with E-state index >= 15 is 0 Å². The lowest BCUT2D eigenvalue weighted by Gasteiger charge is -2.33. The van der Waals surface area contributed by atoms with Crippen molar-refractivity contribution in [2.75, 3.05) is 25.5 Å². The number of benzene rings is 1. The molecule has 0 bridgehead atoms. The van der Waals surface area contributed by atoms with Crippen LogP contribution < -0.4 is 5.73 Å². The summed E-state index contributed by atoms with van der Waals surface area (Å²) in [4.78, 5) is 2.54. The molecule has 0 spiro atoms. The molecule has 0 amide bonds. The molecule has 0 radical (unpaired) electrons. The molecule has 0 aromatic heterocycles. The summed E-state index contributed by atoms with van der Waals surface area (Å²) in [5.41, 5.74) is 7.88. The minimum Gasteiger partial charge on any atom is -0.399 e. The molecule has 0 atom stereocenters. The summed E-state index contributed by atoms with van der Waals surface area (Å²) in [7, 11) is 0. The van der Waals surface area contributed by atoms with Crippen LogP contribution in [0.2, 0.25) is 0 Å². The molecule has 2 N–H and O–H groups in total. The van der Waals surface area contributed by atoms with Gasteiger partial charge < -0.3 is 10.5 Å². The van der Waals surface area contributed by atoms with Crippen LogP contribution in [-0.2, 0) is 11.3 Å². The van der Waals surface area contributed by atoms with Gasteiger partial charge in [0.2, 0.25) is 0 Å². The number of nitrogen functional groups attached to an aromatic ring is 1. The second-order valence-electron chi connectivity index (χ2n) is 4.65. The highest BCUT2D eigenvalue weighted by atomic mass is 16.5. The summed E-state index contributed by atoms with van der Waals surface area (Å²) in [6, 6.07) is 8.88. The van der Waals surface area contributed by atoms with Gasteiger partial charge in [-0.3, -0.25) is 4.90 Å². The molecule has 1 saturated heterocycles. The van der Waals surface area contributed by atoms with Gasteiger partial charge in [-0.05, 0) is 37.1 Å². The molecular weight excluding hydrogens is 212 g/mol. The first-order valence-electron chi connectivity index (χ1n) is 6.46. The van der Waals surface area contributed by atoms with Gasteiger partial charge in [0.15, 0.2) is 0 Å². The summed E-state index contributed by atoms with van der Waals surface area (Å²) in [6.07, 6.45) is 2.31. The third-order valence-electron chi connectivity index (χ3n) is 3.48. The number of anilines is 1. The first-order valence-corrected chi connectivity index (χ1v) is 6.46. The van der Waals surface area contributed by atoms with Crippen LogP contribution in [0.3, 0.4) is 0 Å². The van der Waals surface area contributed by atoms with Crippen molar-refractivity contribution in [3.8, 4) is 0 Å². The van der Waals surface area contributed by atoms with Gasteiger partial charge in [-0.1, -0.05) is 19.1 Å². The van der Waals surface area contributed by atoms with Gasteiger partial charge in [0.25, 0.3) is 0 Å². The summed E-state index contributed by atoms with van der Waals surface area (Å²) < 4.78 is 5.42. The molecule has 1 heterocycles. The fraction of sp³-hybridized carbons (Fsp3) is 0.571. The first-order chi connectivity index (χ1) is 8.29. The molecule has 17 heavy (non-hydrogen) atoms. The van der Waals surface area contributed by atoms with E-state index in [9.17, 15) is 0 Å². The predicted molar refractivity (Wildman–Crippen MR) is 70.8 cm³/mol. The smallest absolute Gasteiger partial charge is 0.0480 e. The minimum absolute atomic E-state index is 0.673. The SMILES string of the molecule is CCN(Cc1ccc(N)cc1)C1CCOCC1. The normalized spacial score (nSPS) is 17.5. The molecule has 0 aliphatic carbocycles. The van der Waals surface area contributed by atoms with Crippen molar-refractivity contribution in [3.05, 3.63) is 29.8 Å². The highest BCUT2D eigenvalue weighted by Crippen LogP contribution is 2.17. The number of hydrogen-bond acceptors (Lipinski definition) is 3. The van der Waals surface area contributed by atoms with E-state index in [1.54, 1.807) is 0 Å². The van der Waals surface area contributed by atoms with Crippen molar-refractivity contribution in [1.29, 1.82) is 0 Å². The molecule has 3 heteroatoms. The van der Waals surface area contributed by atoms with E-state index in [1.807, 2.05) is 12.1 Å². The Labute approximate surface area is 104 Å². The lowest BCUT2D eigenvalue weighted by atomic mass is 10.1. The second kappa shape index (κ2) is 6.03. The van der Waals surface area contributed by atoms with E-state index in [0.717, 1.165) is 44.8 Å². The monoisotopic (exact) mass is 234 g/mol. The van der Waals surface area contributed by atoms with E-state index in [-0.39, 0.29) is 0 Å². The Morgan fingerprint density at radius 1 is 1.24 bits per heavy atom. The zero-order valence-corrected chi connectivity index (χ0v) is 10.6. The Morgan fingerprint density at radius 2 is 1.88 bits per heavy atom. The lowest BCUT2D eigenvalue weighted by molar-refractivity contribution is 0.0330. The van der Waals surface area contributed by atoms with Crippen molar-refractivity contribution < 1.29 is 4.74 Å². The van der Waals surface area contributed by atoms with Crippen molar-refractivity contribution in [1.82, 2.24) is 4.90 Å². The Balaban J connectivity index is 1.96. The van der Waals surface area contributed by atoms with Gasteiger partial charge >= 0.3 is 0 Å². The Bertz CT molecular complexity index is 331. The maximum Gasteiger partial charge on any atom is 0.0480 e. The van der Waals surface area contributed by atoms with E-state index in [1.165, 1.54) is 5.56 Å². The van der Waals surface area contributed by atoms with Gasteiger partial charge in [-0.2, -0.15) is 0 Å². The van der Waals surface area contributed by atoms with E-state index < -0.39 is 0 Å². The molecule has 0 saturated carbocycles. The molecule has 2 rings (SSSR count). The standard InChI is InChI=1S/C14H22N2O/c1-2-16(14-7-9-17-10-8-14)11-12-3-5-13(15)6-4-12/h3-6,14H,2,7-11,15H2,1H3. The first kappa shape index (κ1) is 12.4. The molecule has 1 aliphatic rings. The highest BCUT2D eigenvalue weighted by Gasteiger charge is 2.20. The van der Waals surface area contributed by atoms with Crippen LogP contribution in [0.4, 0.5) is 5.69 Å². The summed E-state index contributed by atoms with van der Waals surface area (Å²) >= 11 is 0. The third-order valence-corrected chi connectivity index (χ3v) is 3.48. The van der Waals surface area contributed by atoms with Crippen LogP contribution >= 0.6 is 0 Å². The zero-order chi connectivity index (χ0) is 12.1. The number of nitrogens with zero attached hydrogens (tertiary/aromatic N) is 1. The molecule has 1 aromatic carbocycles. The Morgan fingerprint density at radius 3 is 2.47 bits per heavy atom. The number of nitrogens with two attached hydrogens (primary N) is 1. The van der Waals surface area contributed by atoms with E-state index in [4.69, 9.17) is 10.5 Å². The third kappa shape index (κ3) is 3.45. The van der Waals surface area contributed by atoms with Gasteiger partial charge in [-0.15, -0.1) is 0 Å². The topological polar surface area (TPSA) is 38.5 Å². The van der Waals surface area contributed by atoms with Crippen LogP contribution in [0.15, 0.2) is 24.3 Å². The van der Waals surface area contributed by atoms with E-state index in [0.29, 0.717) is 6.04 Å². The van der Waals surface area contributed by atoms with Crippen molar-refractivity contribution in [2.24, 2.45) is 0 Å². The van der Waals surface area contributed by atoms with Crippen LogP contribution in [0, 0.1) is 0 Å². The minimum atomic E-state index is 0.673. The van der Waals surface area contributed by atoms with Crippen molar-refractivity contribution in [3.63, 3.8) is 0 Å². The fourth-order valence-corrected chi connectivity index (χ4v) is 2.41. The number of ether oxygens (including phenoxy) is 1. The van der Waals surface area contributed by atoms with Gasteiger partial charge in [0, 0.05) is 31.5 Å². The van der Waals surface area contributed by atoms with Crippen molar-refractivity contribution >= 4 is 5.69 Å². The molecule has 3 nitrogen and oxygen atoms in total. The maximum absolute atomic E-state index is 5.70. The van der Waals surface area contributed by atoms with Crippen LogP contribution in [0.5, 0.6) is 0 Å². The molecule has 94 valence electrons. The van der Waals surface area contributed by atoms with Crippen LogP contribution in [0.1, 0.15) is 25.3 Å². The largest absolute Gasteiger partial charge is 0.399 e. The van der Waals surface area contributed by atoms with Gasteiger partial charge in [0.05, 0.1) is 0 Å². The number of rotatable bonds is 4. The average molecular weight is 234 g/mol. The second-order valence-corrected chi connectivity index (χ2v) is 4.65. The molecule has 1 aromatic rings. The summed E-state index contributed by atoms with van der Waals surface area (Å²) in [5, 5.41) is 0. The summed E-state index contributed by atoms with van der Waals surface area (Å²) in [5.74, 6) is 0. The maximum atomic E-state index is 5.70. The average Bonchev–Trinajstić information content (AvgIpc) is 2.39. The lowest BCUT2D eigenvalue weighted by Crippen LogP contribution is -2.38. The fourth-order valence-electron chi connectivity index (χ4n) is 2.41. The molecular formula is C14H22N2O. The zero-order valence-electron chi connectivity index (χ0n) is 10.6. The van der Waals surface area contributed by atoms with E-state index in [2.05, 4.69) is 24.0 Å². The van der Waals surface area contributed by atoms with Gasteiger partial charge in [-0.25, -0.2) is 0 Å². The Kier molecular flexibility index (Phi) is 4.40. The predicted octanol–water partition coefficient (Wildman–Crippen LogP) is 2.27. The molecule has 1 fully saturated rings. The quantitative estimate of drug-likeness (QED) is 0.812. The molecule has 0 unspecified atom stereocenters. The Hall–Kier alpha value is -1.06. The molecule has 1 aliphatic heterocycles.